The summed E-state index contributed by atoms with van der Waals surface area (Å²) in [7, 11) is 0. The van der Waals surface area contributed by atoms with E-state index in [1.165, 1.54) is 51.4 Å². The summed E-state index contributed by atoms with van der Waals surface area (Å²) in [6.45, 7) is 6.03. The van der Waals surface area contributed by atoms with Gasteiger partial charge in [-0.2, -0.15) is 0 Å². The quantitative estimate of drug-likeness (QED) is 0.252. The molecule has 0 N–H and O–H groups in total. The number of rotatable bonds is 15. The molecule has 0 amide bonds. The van der Waals surface area contributed by atoms with Crippen molar-refractivity contribution in [3.8, 4) is 0 Å². The van der Waals surface area contributed by atoms with Crippen molar-refractivity contribution in [1.29, 1.82) is 0 Å². The molecule has 0 aliphatic heterocycles. The molecule has 4 nitrogen and oxygen atoms in total. The maximum absolute atomic E-state index is 11.3. The Balaban J connectivity index is 3.20. The predicted octanol–water partition coefficient (Wildman–Crippen LogP) is 4.57. The molecule has 0 spiro atoms. The fraction of sp³-hybridized carbons (Fsp3) is 0.778. The molecule has 0 aromatic carbocycles. The van der Waals surface area contributed by atoms with Crippen LogP contribution in [0.2, 0.25) is 0 Å². The van der Waals surface area contributed by atoms with Crippen molar-refractivity contribution >= 4 is 11.9 Å². The van der Waals surface area contributed by atoms with E-state index in [1.54, 1.807) is 0 Å². The van der Waals surface area contributed by atoms with Gasteiger partial charge in [-0.25, -0.2) is 4.79 Å². The zero-order valence-electron chi connectivity index (χ0n) is 14.1. The Bertz CT molecular complexity index is 299. The van der Waals surface area contributed by atoms with Crippen molar-refractivity contribution in [2.45, 2.75) is 77.6 Å². The first-order valence-corrected chi connectivity index (χ1v) is 8.65. The fourth-order valence-electron chi connectivity index (χ4n) is 2.14. The summed E-state index contributed by atoms with van der Waals surface area (Å²) in [6.07, 6.45) is 13.7. The van der Waals surface area contributed by atoms with E-state index < -0.39 is 5.97 Å². The van der Waals surface area contributed by atoms with Crippen LogP contribution < -0.4 is 0 Å². The molecule has 128 valence electrons. The predicted molar refractivity (Wildman–Crippen MR) is 88.6 cm³/mol. The number of hydrogen-bond acceptors (Lipinski definition) is 4. The van der Waals surface area contributed by atoms with Gasteiger partial charge in [-0.1, -0.05) is 71.3 Å². The lowest BCUT2D eigenvalue weighted by Crippen LogP contribution is -2.11. The zero-order valence-corrected chi connectivity index (χ0v) is 14.1. The maximum Gasteiger partial charge on any atom is 0.330 e. The maximum atomic E-state index is 11.3. The molecule has 0 aliphatic rings. The van der Waals surface area contributed by atoms with Crippen LogP contribution in [0, 0.1) is 0 Å². The Kier molecular flexibility index (Phi) is 15.1. The van der Waals surface area contributed by atoms with Gasteiger partial charge in [0, 0.05) is 6.08 Å². The third-order valence-electron chi connectivity index (χ3n) is 3.48. The number of ether oxygens (including phenoxy) is 2. The molecule has 0 fully saturated rings. The number of unbranched alkanes of at least 4 members (excludes halogenated alkanes) is 9. The third-order valence-corrected chi connectivity index (χ3v) is 3.48. The Morgan fingerprint density at radius 2 is 1.36 bits per heavy atom. The van der Waals surface area contributed by atoms with E-state index in [4.69, 9.17) is 9.47 Å². The van der Waals surface area contributed by atoms with Crippen molar-refractivity contribution in [2.24, 2.45) is 0 Å². The second-order valence-electron chi connectivity index (χ2n) is 5.52. The van der Waals surface area contributed by atoms with E-state index in [9.17, 15) is 9.59 Å². The van der Waals surface area contributed by atoms with Crippen LogP contribution in [0.4, 0.5) is 0 Å². The summed E-state index contributed by atoms with van der Waals surface area (Å²) in [5.74, 6) is -0.824. The molecular formula is C18H32O4. The Labute approximate surface area is 135 Å². The molecule has 0 aromatic heterocycles. The van der Waals surface area contributed by atoms with Gasteiger partial charge in [0.25, 0.3) is 0 Å². The first kappa shape index (κ1) is 20.7. The molecule has 0 rings (SSSR count). The van der Waals surface area contributed by atoms with Crippen LogP contribution in [0.15, 0.2) is 12.7 Å². The highest BCUT2D eigenvalue weighted by Gasteiger charge is 2.04. The van der Waals surface area contributed by atoms with Crippen molar-refractivity contribution < 1.29 is 19.1 Å². The van der Waals surface area contributed by atoms with E-state index in [2.05, 4.69) is 13.5 Å². The van der Waals surface area contributed by atoms with Crippen LogP contribution in [-0.2, 0) is 19.1 Å². The van der Waals surface area contributed by atoms with Gasteiger partial charge in [-0.05, 0) is 6.42 Å². The molecule has 0 unspecified atom stereocenters. The van der Waals surface area contributed by atoms with E-state index in [0.717, 1.165) is 18.9 Å². The van der Waals surface area contributed by atoms with Crippen molar-refractivity contribution in [2.75, 3.05) is 13.2 Å². The summed E-state index contributed by atoms with van der Waals surface area (Å²) >= 11 is 0. The van der Waals surface area contributed by atoms with Crippen LogP contribution >= 0.6 is 0 Å². The lowest BCUT2D eigenvalue weighted by atomic mass is 10.1. The number of hydrogen-bond donors (Lipinski definition) is 0. The average Bonchev–Trinajstić information content (AvgIpc) is 2.52. The van der Waals surface area contributed by atoms with E-state index in [-0.39, 0.29) is 19.0 Å². The Morgan fingerprint density at radius 3 is 1.91 bits per heavy atom. The smallest absolute Gasteiger partial charge is 0.330 e. The summed E-state index contributed by atoms with van der Waals surface area (Å²) in [4.78, 5) is 22.1. The lowest BCUT2D eigenvalue weighted by molar-refractivity contribution is -0.147. The number of esters is 2. The summed E-state index contributed by atoms with van der Waals surface area (Å²) in [5, 5.41) is 0. The molecule has 0 aliphatic carbocycles. The van der Waals surface area contributed by atoms with Crippen LogP contribution in [0.25, 0.3) is 0 Å². The Morgan fingerprint density at radius 1 is 0.818 bits per heavy atom. The fourth-order valence-corrected chi connectivity index (χ4v) is 2.14. The molecule has 0 bridgehead atoms. The van der Waals surface area contributed by atoms with Crippen LogP contribution in [-0.4, -0.2) is 25.2 Å². The standard InChI is InChI=1S/C18H32O4/c1-3-5-6-7-8-9-10-11-12-13-15-21-18(20)14-16-22-17(19)4-2/h4H,2-3,5-16H2,1H3. The minimum Gasteiger partial charge on any atom is -0.466 e. The first-order valence-electron chi connectivity index (χ1n) is 8.65. The van der Waals surface area contributed by atoms with Crippen molar-refractivity contribution in [3.05, 3.63) is 12.7 Å². The molecular weight excluding hydrogens is 280 g/mol. The molecule has 0 aromatic rings. The van der Waals surface area contributed by atoms with E-state index in [0.29, 0.717) is 6.61 Å². The van der Waals surface area contributed by atoms with Gasteiger partial charge in [0.1, 0.15) is 6.61 Å². The summed E-state index contributed by atoms with van der Waals surface area (Å²) < 4.78 is 9.78. The number of carbonyl (C=O) groups is 2. The van der Waals surface area contributed by atoms with Crippen molar-refractivity contribution in [3.63, 3.8) is 0 Å². The third kappa shape index (κ3) is 15.1. The highest BCUT2D eigenvalue weighted by atomic mass is 16.5. The highest BCUT2D eigenvalue weighted by Crippen LogP contribution is 2.10. The second kappa shape index (κ2) is 16.1. The van der Waals surface area contributed by atoms with E-state index >= 15 is 0 Å². The molecule has 0 heterocycles. The average molecular weight is 312 g/mol. The minimum atomic E-state index is -0.512. The molecule has 0 atom stereocenters. The summed E-state index contributed by atoms with van der Waals surface area (Å²) in [6, 6.07) is 0. The monoisotopic (exact) mass is 312 g/mol. The largest absolute Gasteiger partial charge is 0.466 e. The Hall–Kier alpha value is -1.32. The van der Waals surface area contributed by atoms with Crippen LogP contribution in [0.1, 0.15) is 77.6 Å². The zero-order chi connectivity index (χ0) is 16.5. The second-order valence-corrected chi connectivity index (χ2v) is 5.52. The summed E-state index contributed by atoms with van der Waals surface area (Å²) in [5.41, 5.74) is 0. The van der Waals surface area contributed by atoms with Crippen molar-refractivity contribution in [1.82, 2.24) is 0 Å². The normalized spacial score (nSPS) is 10.2. The molecule has 0 saturated heterocycles. The van der Waals surface area contributed by atoms with Crippen LogP contribution in [0.3, 0.4) is 0 Å². The molecule has 0 saturated carbocycles. The van der Waals surface area contributed by atoms with Gasteiger partial charge in [0.2, 0.25) is 0 Å². The van der Waals surface area contributed by atoms with Gasteiger partial charge in [-0.3, -0.25) is 4.79 Å². The number of carbonyl (C=O) groups excluding carboxylic acids is 2. The first-order chi connectivity index (χ1) is 10.7. The van der Waals surface area contributed by atoms with Gasteiger partial charge in [0.05, 0.1) is 13.0 Å². The SMILES string of the molecule is C=CC(=O)OCCC(=O)OCCCCCCCCCCCC. The van der Waals surface area contributed by atoms with Gasteiger partial charge >= 0.3 is 11.9 Å². The van der Waals surface area contributed by atoms with Crippen LogP contribution in [0.5, 0.6) is 0 Å². The topological polar surface area (TPSA) is 52.6 Å². The van der Waals surface area contributed by atoms with E-state index in [1.807, 2.05) is 0 Å². The lowest BCUT2D eigenvalue weighted by Gasteiger charge is -2.05. The highest BCUT2D eigenvalue weighted by molar-refractivity contribution is 5.81. The van der Waals surface area contributed by atoms with Gasteiger partial charge in [0.15, 0.2) is 0 Å². The molecule has 0 radical (unpaired) electrons. The minimum absolute atomic E-state index is 0.0573. The molecule has 22 heavy (non-hydrogen) atoms. The molecule has 4 heteroatoms. The van der Waals surface area contributed by atoms with Gasteiger partial charge < -0.3 is 9.47 Å². The van der Waals surface area contributed by atoms with Gasteiger partial charge in [-0.15, -0.1) is 0 Å².